The molecule has 0 saturated carbocycles. The summed E-state index contributed by atoms with van der Waals surface area (Å²) >= 11 is 0. The van der Waals surface area contributed by atoms with Gasteiger partial charge in [-0.25, -0.2) is 14.4 Å². The summed E-state index contributed by atoms with van der Waals surface area (Å²) in [5, 5.41) is 13.7. The van der Waals surface area contributed by atoms with Gasteiger partial charge in [-0.1, -0.05) is 19.4 Å². The molecule has 1 spiro atoms. The number of nitrogens with one attached hydrogen (secondary N) is 1. The van der Waals surface area contributed by atoms with E-state index in [9.17, 15) is 9.65 Å². The van der Waals surface area contributed by atoms with Gasteiger partial charge in [0.2, 0.25) is 0 Å². The third-order valence-corrected chi connectivity index (χ3v) is 9.96. The van der Waals surface area contributed by atoms with Crippen molar-refractivity contribution in [2.45, 2.75) is 108 Å². The Balaban J connectivity index is 1.34. The molecule has 3 N–H and O–H groups in total. The van der Waals surface area contributed by atoms with Crippen molar-refractivity contribution in [1.29, 1.82) is 5.26 Å². The summed E-state index contributed by atoms with van der Waals surface area (Å²) in [6.45, 7) is 4.71. The predicted octanol–water partition coefficient (Wildman–Crippen LogP) is 5.41. The number of benzene rings is 1. The first-order chi connectivity index (χ1) is 18.5. The van der Waals surface area contributed by atoms with Gasteiger partial charge in [0.25, 0.3) is 0 Å². The number of hydrogen-bond donors (Lipinski definition) is 2. The SMILES string of the molecule is CCCCNc1nc(CCC23CCCN2CC(F)C3)nc2c1CCC1(CCCc3ccc(N)c(C#N)c31)C2. The maximum absolute atomic E-state index is 14.4. The standard InChI is InChI=1S/C31H41FN6/c1-2-3-15-35-29-23-9-13-30(11-4-6-21-7-8-25(34)24(19-33)28(21)30)18-26(23)36-27(37-29)10-14-31-12-5-16-38(31)20-22(32)17-31/h7-8,22H,2-6,9-18,20,34H2,1H3,(H,35,36,37). The summed E-state index contributed by atoms with van der Waals surface area (Å²) < 4.78 is 14.4. The van der Waals surface area contributed by atoms with Crippen LogP contribution in [0.2, 0.25) is 0 Å². The zero-order chi connectivity index (χ0) is 26.3. The first-order valence-corrected chi connectivity index (χ1v) is 14.8. The number of fused-ring (bicyclic) bond motifs is 4. The second-order valence-corrected chi connectivity index (χ2v) is 12.3. The van der Waals surface area contributed by atoms with Crippen molar-refractivity contribution in [2.75, 3.05) is 30.7 Å². The van der Waals surface area contributed by atoms with Crippen LogP contribution >= 0.6 is 0 Å². The zero-order valence-corrected chi connectivity index (χ0v) is 22.8. The average molecular weight is 517 g/mol. The Hall–Kier alpha value is -2.72. The van der Waals surface area contributed by atoms with E-state index in [0.717, 1.165) is 107 Å². The van der Waals surface area contributed by atoms with E-state index in [2.05, 4.69) is 29.3 Å². The van der Waals surface area contributed by atoms with Crippen molar-refractivity contribution in [3.05, 3.63) is 45.9 Å². The molecule has 2 aliphatic heterocycles. The highest BCUT2D eigenvalue weighted by Gasteiger charge is 2.48. The highest BCUT2D eigenvalue weighted by Crippen LogP contribution is 2.49. The minimum Gasteiger partial charge on any atom is -0.398 e. The van der Waals surface area contributed by atoms with E-state index in [-0.39, 0.29) is 11.0 Å². The van der Waals surface area contributed by atoms with E-state index >= 15 is 0 Å². The molecule has 3 unspecified atom stereocenters. The summed E-state index contributed by atoms with van der Waals surface area (Å²) in [7, 11) is 0. The van der Waals surface area contributed by atoms with Crippen LogP contribution in [0.4, 0.5) is 15.9 Å². The highest BCUT2D eigenvalue weighted by atomic mass is 19.1. The minimum absolute atomic E-state index is 0.0166. The fourth-order valence-electron chi connectivity index (χ4n) is 8.13. The van der Waals surface area contributed by atoms with E-state index in [1.54, 1.807) is 0 Å². The van der Waals surface area contributed by atoms with Crippen molar-refractivity contribution in [2.24, 2.45) is 0 Å². The van der Waals surface area contributed by atoms with Gasteiger partial charge in [-0.2, -0.15) is 5.26 Å². The number of halogens is 1. The monoisotopic (exact) mass is 516 g/mol. The third kappa shape index (κ3) is 4.35. The lowest BCUT2D eigenvalue weighted by molar-refractivity contribution is 0.181. The molecule has 4 aliphatic rings. The normalized spacial score (nSPS) is 28.1. The summed E-state index contributed by atoms with van der Waals surface area (Å²) in [5.74, 6) is 1.88. The number of rotatable bonds is 7. The van der Waals surface area contributed by atoms with Crippen molar-refractivity contribution < 1.29 is 4.39 Å². The van der Waals surface area contributed by atoms with Gasteiger partial charge in [-0.15, -0.1) is 0 Å². The molecule has 0 bridgehead atoms. The predicted molar refractivity (Wildman–Crippen MR) is 149 cm³/mol. The fraction of sp³-hybridized carbons (Fsp3) is 0.645. The Kier molecular flexibility index (Phi) is 6.80. The second-order valence-electron chi connectivity index (χ2n) is 12.3. The van der Waals surface area contributed by atoms with Crippen LogP contribution in [0.15, 0.2) is 12.1 Å². The second kappa shape index (κ2) is 10.1. The molecule has 2 aromatic rings. The van der Waals surface area contributed by atoms with Crippen LogP contribution < -0.4 is 11.1 Å². The zero-order valence-electron chi connectivity index (χ0n) is 22.8. The molecular weight excluding hydrogens is 475 g/mol. The van der Waals surface area contributed by atoms with Gasteiger partial charge in [0.05, 0.1) is 11.3 Å². The molecule has 2 fully saturated rings. The average Bonchev–Trinajstić information content (AvgIpc) is 3.43. The Morgan fingerprint density at radius 3 is 2.95 bits per heavy atom. The van der Waals surface area contributed by atoms with E-state index in [0.29, 0.717) is 24.2 Å². The Labute approximate surface area is 226 Å². The highest BCUT2D eigenvalue weighted by molar-refractivity contribution is 5.64. The van der Waals surface area contributed by atoms with Crippen LogP contribution in [-0.4, -0.2) is 46.2 Å². The van der Waals surface area contributed by atoms with Crippen molar-refractivity contribution in [3.8, 4) is 6.07 Å². The number of hydrogen-bond acceptors (Lipinski definition) is 6. The van der Waals surface area contributed by atoms with E-state index < -0.39 is 6.17 Å². The lowest BCUT2D eigenvalue weighted by atomic mass is 9.61. The number of unbranched alkanes of at least 4 members (excludes halogenated alkanes) is 1. The fourth-order valence-corrected chi connectivity index (χ4v) is 8.13. The first-order valence-electron chi connectivity index (χ1n) is 14.8. The molecule has 0 radical (unpaired) electrons. The minimum atomic E-state index is -0.709. The van der Waals surface area contributed by atoms with Crippen molar-refractivity contribution in [1.82, 2.24) is 14.9 Å². The van der Waals surface area contributed by atoms with Gasteiger partial charge >= 0.3 is 0 Å². The number of alkyl halides is 1. The van der Waals surface area contributed by atoms with Crippen LogP contribution in [-0.2, 0) is 31.1 Å². The topological polar surface area (TPSA) is 90.9 Å². The van der Waals surface area contributed by atoms with Gasteiger partial charge in [0.15, 0.2) is 0 Å². The molecule has 3 heterocycles. The third-order valence-electron chi connectivity index (χ3n) is 9.96. The summed E-state index contributed by atoms with van der Waals surface area (Å²) in [6, 6.07) is 6.49. The molecular formula is C31H41FN6. The Bertz CT molecular complexity index is 1250. The molecule has 2 aliphatic carbocycles. The maximum Gasteiger partial charge on any atom is 0.133 e. The molecule has 0 amide bonds. The van der Waals surface area contributed by atoms with Crippen LogP contribution in [0.1, 0.15) is 98.5 Å². The first kappa shape index (κ1) is 25.6. The van der Waals surface area contributed by atoms with Gasteiger partial charge in [0, 0.05) is 41.7 Å². The number of nitrogens with two attached hydrogens (primary N) is 1. The van der Waals surface area contributed by atoms with Gasteiger partial charge in [-0.05, 0) is 94.4 Å². The lowest BCUT2D eigenvalue weighted by Gasteiger charge is -2.43. The van der Waals surface area contributed by atoms with Crippen LogP contribution in [0, 0.1) is 11.3 Å². The molecule has 6 rings (SSSR count). The number of nitrogens with zero attached hydrogens (tertiary/aromatic N) is 4. The Morgan fingerprint density at radius 2 is 2.11 bits per heavy atom. The van der Waals surface area contributed by atoms with Crippen LogP contribution in [0.3, 0.4) is 0 Å². The van der Waals surface area contributed by atoms with E-state index in [4.69, 9.17) is 15.7 Å². The van der Waals surface area contributed by atoms with Gasteiger partial charge < -0.3 is 11.1 Å². The lowest BCUT2D eigenvalue weighted by Crippen LogP contribution is -2.39. The molecule has 1 aromatic carbocycles. The quantitative estimate of drug-likeness (QED) is 0.378. The van der Waals surface area contributed by atoms with Gasteiger partial charge in [-0.3, -0.25) is 4.90 Å². The largest absolute Gasteiger partial charge is 0.398 e. The van der Waals surface area contributed by atoms with Crippen molar-refractivity contribution >= 4 is 11.5 Å². The van der Waals surface area contributed by atoms with Crippen LogP contribution in [0.25, 0.3) is 0 Å². The van der Waals surface area contributed by atoms with Crippen molar-refractivity contribution in [3.63, 3.8) is 0 Å². The molecule has 38 heavy (non-hydrogen) atoms. The molecule has 2 saturated heterocycles. The number of aromatic nitrogens is 2. The molecule has 1 aromatic heterocycles. The summed E-state index contributed by atoms with van der Waals surface area (Å²) in [4.78, 5) is 12.7. The van der Waals surface area contributed by atoms with Gasteiger partial charge in [0.1, 0.15) is 23.9 Å². The number of anilines is 2. The molecule has 6 nitrogen and oxygen atoms in total. The smallest absolute Gasteiger partial charge is 0.133 e. The summed E-state index contributed by atoms with van der Waals surface area (Å²) in [6.07, 6.45) is 12.0. The summed E-state index contributed by atoms with van der Waals surface area (Å²) in [5.41, 5.74) is 12.3. The Morgan fingerprint density at radius 1 is 1.21 bits per heavy atom. The van der Waals surface area contributed by atoms with Crippen LogP contribution in [0.5, 0.6) is 0 Å². The molecule has 3 atom stereocenters. The molecule has 202 valence electrons. The number of aryl methyl sites for hydroxylation is 2. The van der Waals surface area contributed by atoms with E-state index in [1.165, 1.54) is 16.7 Å². The van der Waals surface area contributed by atoms with E-state index in [1.807, 2.05) is 6.07 Å². The maximum atomic E-state index is 14.4. The number of nitriles is 1. The number of nitrogen functional groups attached to an aromatic ring is 1. The molecule has 7 heteroatoms.